The van der Waals surface area contributed by atoms with E-state index in [0.29, 0.717) is 6.04 Å². The minimum absolute atomic E-state index is 0.188. The van der Waals surface area contributed by atoms with Gasteiger partial charge in [-0.1, -0.05) is 0 Å². The number of anilines is 1. The van der Waals surface area contributed by atoms with Gasteiger partial charge >= 0.3 is 6.09 Å². The molecule has 1 fully saturated rings. The molecule has 23 heavy (non-hydrogen) atoms. The molecule has 6 heteroatoms. The molecule has 1 aliphatic carbocycles. The highest BCUT2D eigenvalue weighted by atomic mass is 32.1. The molecule has 0 bridgehead atoms. The molecular weight excluding hydrogens is 310 g/mol. The largest absolute Gasteiger partial charge is 0.444 e. The lowest BCUT2D eigenvalue weighted by molar-refractivity contribution is 0.0475. The summed E-state index contributed by atoms with van der Waals surface area (Å²) in [6.07, 6.45) is 1.49. The first-order valence-electron chi connectivity index (χ1n) is 7.92. The van der Waals surface area contributed by atoms with Crippen LogP contribution in [0, 0.1) is 6.92 Å². The van der Waals surface area contributed by atoms with E-state index in [1.54, 1.807) is 11.3 Å². The fraction of sp³-hybridized carbons (Fsp3) is 0.529. The molecule has 1 heterocycles. The highest BCUT2D eigenvalue weighted by Crippen LogP contribution is 2.28. The summed E-state index contributed by atoms with van der Waals surface area (Å²) in [7, 11) is 0. The van der Waals surface area contributed by atoms with Gasteiger partial charge in [-0.15, -0.1) is 11.3 Å². The highest BCUT2D eigenvalue weighted by Gasteiger charge is 2.31. The van der Waals surface area contributed by atoms with E-state index in [2.05, 4.69) is 33.8 Å². The molecule has 0 saturated heterocycles. The Bertz CT molecular complexity index is 714. The number of rotatable bonds is 3. The minimum Gasteiger partial charge on any atom is -0.444 e. The van der Waals surface area contributed by atoms with Crippen LogP contribution in [0.1, 0.15) is 38.6 Å². The van der Waals surface area contributed by atoms with Gasteiger partial charge in [0, 0.05) is 17.8 Å². The Morgan fingerprint density at radius 1 is 1.30 bits per heavy atom. The number of thiazole rings is 1. The predicted octanol–water partition coefficient (Wildman–Crippen LogP) is 4.07. The highest BCUT2D eigenvalue weighted by molar-refractivity contribution is 7.18. The van der Waals surface area contributed by atoms with E-state index in [1.807, 2.05) is 27.7 Å². The predicted molar refractivity (Wildman–Crippen MR) is 94.2 cm³/mol. The molecule has 1 aliphatic rings. The van der Waals surface area contributed by atoms with Crippen LogP contribution < -0.4 is 10.6 Å². The molecular formula is C17H23N3O2S. The Hall–Kier alpha value is -1.82. The van der Waals surface area contributed by atoms with E-state index in [9.17, 15) is 4.79 Å². The van der Waals surface area contributed by atoms with Crippen molar-refractivity contribution in [3.05, 3.63) is 23.2 Å². The van der Waals surface area contributed by atoms with E-state index in [1.165, 1.54) is 4.70 Å². The third-order valence-electron chi connectivity index (χ3n) is 3.72. The van der Waals surface area contributed by atoms with Gasteiger partial charge in [-0.05, 0) is 58.7 Å². The monoisotopic (exact) mass is 333 g/mol. The maximum absolute atomic E-state index is 11.7. The van der Waals surface area contributed by atoms with Crippen LogP contribution in [0.25, 0.3) is 10.2 Å². The number of benzene rings is 1. The number of amides is 1. The van der Waals surface area contributed by atoms with Gasteiger partial charge in [-0.25, -0.2) is 9.78 Å². The van der Waals surface area contributed by atoms with Gasteiger partial charge in [0.15, 0.2) is 0 Å². The Morgan fingerprint density at radius 3 is 2.74 bits per heavy atom. The number of nitrogens with zero attached hydrogens (tertiary/aromatic N) is 1. The van der Waals surface area contributed by atoms with Crippen LogP contribution in [0.4, 0.5) is 10.5 Å². The lowest BCUT2D eigenvalue weighted by atomic mass is 9.86. The van der Waals surface area contributed by atoms with Crippen molar-refractivity contribution < 1.29 is 9.53 Å². The third-order valence-corrected chi connectivity index (χ3v) is 4.68. The molecule has 124 valence electrons. The van der Waals surface area contributed by atoms with Gasteiger partial charge in [0.1, 0.15) is 5.60 Å². The van der Waals surface area contributed by atoms with E-state index in [0.717, 1.165) is 29.1 Å². The minimum atomic E-state index is -0.452. The normalized spacial score (nSPS) is 20.9. The third kappa shape index (κ3) is 4.13. The Labute approximate surface area is 140 Å². The molecule has 0 spiro atoms. The Kier molecular flexibility index (Phi) is 4.19. The van der Waals surface area contributed by atoms with E-state index >= 15 is 0 Å². The van der Waals surface area contributed by atoms with E-state index < -0.39 is 5.60 Å². The molecule has 1 aromatic carbocycles. The van der Waals surface area contributed by atoms with Crippen LogP contribution in [0.2, 0.25) is 0 Å². The summed E-state index contributed by atoms with van der Waals surface area (Å²) in [5.74, 6) is 0. The lowest BCUT2D eigenvalue weighted by Gasteiger charge is -2.37. The second kappa shape index (κ2) is 6.00. The summed E-state index contributed by atoms with van der Waals surface area (Å²) in [5, 5.41) is 7.50. The second-order valence-electron chi connectivity index (χ2n) is 7.07. The standard InChI is InChI=1S/C17H23N3O2S/c1-10-18-14-9-11(5-6-15(14)23-10)19-12-7-13(8-12)20-16(21)22-17(2,3)4/h5-6,9,12-13,19H,7-8H2,1-4H3,(H,20,21). The molecule has 2 aromatic rings. The van der Waals surface area contributed by atoms with Crippen molar-refractivity contribution in [2.75, 3.05) is 5.32 Å². The van der Waals surface area contributed by atoms with Gasteiger partial charge in [0.2, 0.25) is 0 Å². The van der Waals surface area contributed by atoms with Crippen molar-refractivity contribution in [2.24, 2.45) is 0 Å². The number of aryl methyl sites for hydroxylation is 1. The van der Waals surface area contributed by atoms with E-state index in [4.69, 9.17) is 4.74 Å². The number of alkyl carbamates (subject to hydrolysis) is 1. The average molecular weight is 333 g/mol. The Balaban J connectivity index is 1.48. The topological polar surface area (TPSA) is 63.2 Å². The summed E-state index contributed by atoms with van der Waals surface area (Å²) in [5.41, 5.74) is 1.68. The first-order chi connectivity index (χ1) is 10.8. The van der Waals surface area contributed by atoms with Crippen LogP contribution in [-0.4, -0.2) is 28.8 Å². The Morgan fingerprint density at radius 2 is 2.04 bits per heavy atom. The van der Waals surface area contributed by atoms with Crippen LogP contribution >= 0.6 is 11.3 Å². The molecule has 5 nitrogen and oxygen atoms in total. The lowest BCUT2D eigenvalue weighted by Crippen LogP contribution is -2.50. The van der Waals surface area contributed by atoms with Gasteiger partial charge in [-0.2, -0.15) is 0 Å². The van der Waals surface area contributed by atoms with Gasteiger partial charge in [0.05, 0.1) is 15.2 Å². The van der Waals surface area contributed by atoms with Crippen molar-refractivity contribution in [3.8, 4) is 0 Å². The summed E-state index contributed by atoms with van der Waals surface area (Å²) in [4.78, 5) is 16.2. The summed E-state index contributed by atoms with van der Waals surface area (Å²) >= 11 is 1.71. The van der Waals surface area contributed by atoms with Crippen LogP contribution in [0.3, 0.4) is 0 Å². The average Bonchev–Trinajstić information content (AvgIpc) is 2.73. The van der Waals surface area contributed by atoms with E-state index in [-0.39, 0.29) is 12.1 Å². The van der Waals surface area contributed by atoms with Crippen molar-refractivity contribution in [3.63, 3.8) is 0 Å². The number of nitrogens with one attached hydrogen (secondary N) is 2. The molecule has 1 amide bonds. The molecule has 1 saturated carbocycles. The fourth-order valence-electron chi connectivity index (χ4n) is 2.70. The first-order valence-corrected chi connectivity index (χ1v) is 8.73. The summed E-state index contributed by atoms with van der Waals surface area (Å²) in [6, 6.07) is 6.86. The van der Waals surface area contributed by atoms with Gasteiger partial charge < -0.3 is 15.4 Å². The van der Waals surface area contributed by atoms with Crippen molar-refractivity contribution in [1.82, 2.24) is 10.3 Å². The number of carbonyl (C=O) groups excluding carboxylic acids is 1. The van der Waals surface area contributed by atoms with Crippen molar-refractivity contribution in [2.45, 2.75) is 58.2 Å². The van der Waals surface area contributed by atoms with Crippen LogP contribution in [0.5, 0.6) is 0 Å². The van der Waals surface area contributed by atoms with Gasteiger partial charge in [-0.3, -0.25) is 0 Å². The number of carbonyl (C=O) groups is 1. The zero-order valence-electron chi connectivity index (χ0n) is 14.0. The van der Waals surface area contributed by atoms with Crippen LogP contribution in [0.15, 0.2) is 18.2 Å². The maximum Gasteiger partial charge on any atom is 0.407 e. The fourth-order valence-corrected chi connectivity index (χ4v) is 3.50. The molecule has 0 unspecified atom stereocenters. The summed E-state index contributed by atoms with van der Waals surface area (Å²) in [6.45, 7) is 7.63. The number of hydrogen-bond donors (Lipinski definition) is 2. The molecule has 3 rings (SSSR count). The molecule has 0 radical (unpaired) electrons. The second-order valence-corrected chi connectivity index (χ2v) is 8.31. The number of fused-ring (bicyclic) bond motifs is 1. The first kappa shape index (κ1) is 16.1. The zero-order chi connectivity index (χ0) is 16.6. The SMILES string of the molecule is Cc1nc2cc(NC3CC(NC(=O)OC(C)(C)C)C3)ccc2s1. The van der Waals surface area contributed by atoms with Crippen molar-refractivity contribution >= 4 is 33.3 Å². The van der Waals surface area contributed by atoms with Crippen LogP contribution in [-0.2, 0) is 4.74 Å². The smallest absolute Gasteiger partial charge is 0.407 e. The molecule has 0 atom stereocenters. The summed E-state index contributed by atoms with van der Waals surface area (Å²) < 4.78 is 6.48. The van der Waals surface area contributed by atoms with Gasteiger partial charge in [0.25, 0.3) is 0 Å². The number of hydrogen-bond acceptors (Lipinski definition) is 5. The zero-order valence-corrected chi connectivity index (χ0v) is 14.8. The molecule has 0 aliphatic heterocycles. The molecule has 1 aromatic heterocycles. The quantitative estimate of drug-likeness (QED) is 0.888. The van der Waals surface area contributed by atoms with Crippen molar-refractivity contribution in [1.29, 1.82) is 0 Å². The molecule has 2 N–H and O–H groups in total. The maximum atomic E-state index is 11.7. The number of ether oxygens (including phenoxy) is 1. The number of aromatic nitrogens is 1.